The quantitative estimate of drug-likeness (QED) is 0.659. The molecule has 64 valence electrons. The summed E-state index contributed by atoms with van der Waals surface area (Å²) < 4.78 is 1.96. The van der Waals surface area contributed by atoms with Crippen molar-refractivity contribution in [2.24, 2.45) is 5.73 Å². The highest BCUT2D eigenvalue weighted by Crippen LogP contribution is 2.07. The Morgan fingerprint density at radius 3 is 3.08 bits per heavy atom. The Bertz CT molecular complexity index is 301. The molecule has 1 atom stereocenters. The molecular formula is C9H13N3. The lowest BCUT2D eigenvalue weighted by Gasteiger charge is -2.06. The number of imidazole rings is 1. The first kappa shape index (κ1) is 8.82. The maximum absolute atomic E-state index is 5.72. The van der Waals surface area contributed by atoms with Gasteiger partial charge in [-0.15, -0.1) is 5.92 Å². The lowest BCUT2D eigenvalue weighted by Crippen LogP contribution is -2.11. The lowest BCUT2D eigenvalue weighted by molar-refractivity contribution is 0.690. The molecule has 0 saturated heterocycles. The van der Waals surface area contributed by atoms with Gasteiger partial charge in [-0.2, -0.15) is 0 Å². The molecule has 0 fully saturated rings. The Hall–Kier alpha value is -1.27. The number of rotatable bonds is 2. The van der Waals surface area contributed by atoms with Crippen molar-refractivity contribution >= 4 is 0 Å². The van der Waals surface area contributed by atoms with Gasteiger partial charge in [0.25, 0.3) is 0 Å². The first-order valence-corrected chi connectivity index (χ1v) is 3.91. The largest absolute Gasteiger partial charge is 0.323 e. The smallest absolute Gasteiger partial charge is 0.0957 e. The minimum absolute atomic E-state index is 0.0196. The second-order valence-electron chi connectivity index (χ2n) is 2.66. The van der Waals surface area contributed by atoms with Crippen LogP contribution in [0.3, 0.4) is 0 Å². The summed E-state index contributed by atoms with van der Waals surface area (Å²) in [4.78, 5) is 4.01. The van der Waals surface area contributed by atoms with E-state index in [9.17, 15) is 0 Å². The van der Waals surface area contributed by atoms with Gasteiger partial charge in [0, 0.05) is 12.2 Å². The second-order valence-corrected chi connectivity index (χ2v) is 2.66. The molecule has 1 rings (SSSR count). The Morgan fingerprint density at radius 2 is 2.50 bits per heavy atom. The molecule has 0 amide bonds. The molecule has 1 heterocycles. The van der Waals surface area contributed by atoms with E-state index in [4.69, 9.17) is 5.73 Å². The zero-order chi connectivity index (χ0) is 8.97. The SMILES string of the molecule is CC#CCn1cncc1C(C)N. The zero-order valence-corrected chi connectivity index (χ0v) is 7.41. The van der Waals surface area contributed by atoms with Crippen molar-refractivity contribution in [2.45, 2.75) is 26.4 Å². The van der Waals surface area contributed by atoms with Gasteiger partial charge in [0.05, 0.1) is 18.6 Å². The van der Waals surface area contributed by atoms with Crippen molar-refractivity contribution in [2.75, 3.05) is 0 Å². The van der Waals surface area contributed by atoms with Crippen molar-refractivity contribution in [3.63, 3.8) is 0 Å². The minimum atomic E-state index is 0.0196. The first-order chi connectivity index (χ1) is 5.75. The third-order valence-corrected chi connectivity index (χ3v) is 1.64. The summed E-state index contributed by atoms with van der Waals surface area (Å²) in [6.45, 7) is 4.43. The fraction of sp³-hybridized carbons (Fsp3) is 0.444. The number of hydrogen-bond donors (Lipinski definition) is 1. The average Bonchev–Trinajstić information content (AvgIpc) is 2.48. The van der Waals surface area contributed by atoms with Crippen LogP contribution >= 0.6 is 0 Å². The molecule has 3 heteroatoms. The summed E-state index contributed by atoms with van der Waals surface area (Å²) in [5.74, 6) is 5.80. The predicted molar refractivity (Wildman–Crippen MR) is 48.3 cm³/mol. The van der Waals surface area contributed by atoms with Crippen molar-refractivity contribution in [3.8, 4) is 11.8 Å². The van der Waals surface area contributed by atoms with Crippen LogP contribution in [-0.4, -0.2) is 9.55 Å². The van der Waals surface area contributed by atoms with Crippen LogP contribution < -0.4 is 5.73 Å². The number of nitrogens with zero attached hydrogens (tertiary/aromatic N) is 2. The molecule has 0 aliphatic heterocycles. The molecular weight excluding hydrogens is 150 g/mol. The highest BCUT2D eigenvalue weighted by molar-refractivity contribution is 5.06. The Morgan fingerprint density at radius 1 is 1.75 bits per heavy atom. The zero-order valence-electron chi connectivity index (χ0n) is 7.41. The maximum Gasteiger partial charge on any atom is 0.0957 e. The van der Waals surface area contributed by atoms with Crippen LogP contribution in [0.5, 0.6) is 0 Å². The molecule has 2 N–H and O–H groups in total. The summed E-state index contributed by atoms with van der Waals surface area (Å²) in [5.41, 5.74) is 6.75. The Labute approximate surface area is 72.6 Å². The maximum atomic E-state index is 5.72. The Balaban J connectivity index is 2.81. The van der Waals surface area contributed by atoms with E-state index in [0.29, 0.717) is 6.54 Å². The first-order valence-electron chi connectivity index (χ1n) is 3.91. The third-order valence-electron chi connectivity index (χ3n) is 1.64. The molecule has 0 aliphatic rings. The van der Waals surface area contributed by atoms with E-state index in [1.165, 1.54) is 0 Å². The van der Waals surface area contributed by atoms with Gasteiger partial charge in [-0.1, -0.05) is 5.92 Å². The average molecular weight is 163 g/mol. The van der Waals surface area contributed by atoms with Gasteiger partial charge in [0.15, 0.2) is 0 Å². The van der Waals surface area contributed by atoms with Crippen LogP contribution in [0.25, 0.3) is 0 Å². The van der Waals surface area contributed by atoms with Crippen LogP contribution in [0.1, 0.15) is 25.6 Å². The Kier molecular flexibility index (Phi) is 2.89. The van der Waals surface area contributed by atoms with Crippen LogP contribution in [0.2, 0.25) is 0 Å². The second kappa shape index (κ2) is 3.93. The fourth-order valence-corrected chi connectivity index (χ4v) is 1.01. The molecule has 0 radical (unpaired) electrons. The van der Waals surface area contributed by atoms with E-state index in [0.717, 1.165) is 5.69 Å². The molecule has 12 heavy (non-hydrogen) atoms. The van der Waals surface area contributed by atoms with Crippen molar-refractivity contribution in [1.82, 2.24) is 9.55 Å². The van der Waals surface area contributed by atoms with Crippen molar-refractivity contribution in [3.05, 3.63) is 18.2 Å². The molecule has 0 aromatic carbocycles. The molecule has 3 nitrogen and oxygen atoms in total. The highest BCUT2D eigenvalue weighted by atomic mass is 15.1. The van der Waals surface area contributed by atoms with Gasteiger partial charge in [-0.3, -0.25) is 0 Å². The number of aromatic nitrogens is 2. The van der Waals surface area contributed by atoms with Gasteiger partial charge in [-0.05, 0) is 13.8 Å². The summed E-state index contributed by atoms with van der Waals surface area (Å²) >= 11 is 0. The minimum Gasteiger partial charge on any atom is -0.323 e. The van der Waals surface area contributed by atoms with Crippen LogP contribution in [0.15, 0.2) is 12.5 Å². The fourth-order valence-electron chi connectivity index (χ4n) is 1.01. The van der Waals surface area contributed by atoms with Gasteiger partial charge >= 0.3 is 0 Å². The summed E-state index contributed by atoms with van der Waals surface area (Å²) in [7, 11) is 0. The molecule has 0 aliphatic carbocycles. The van der Waals surface area contributed by atoms with E-state index in [1.807, 2.05) is 18.4 Å². The van der Waals surface area contributed by atoms with E-state index >= 15 is 0 Å². The van der Waals surface area contributed by atoms with Crippen LogP contribution in [0.4, 0.5) is 0 Å². The lowest BCUT2D eigenvalue weighted by atomic mass is 10.3. The molecule has 1 aromatic rings. The van der Waals surface area contributed by atoms with Crippen molar-refractivity contribution < 1.29 is 0 Å². The van der Waals surface area contributed by atoms with Gasteiger partial charge in [0.2, 0.25) is 0 Å². The van der Waals surface area contributed by atoms with Gasteiger partial charge in [-0.25, -0.2) is 4.98 Å². The molecule has 0 saturated carbocycles. The predicted octanol–water partition coefficient (Wildman–Crippen LogP) is 0.926. The van der Waals surface area contributed by atoms with Crippen LogP contribution in [0, 0.1) is 11.8 Å². The van der Waals surface area contributed by atoms with Gasteiger partial charge < -0.3 is 10.3 Å². The van der Waals surface area contributed by atoms with Crippen LogP contribution in [-0.2, 0) is 6.54 Å². The summed E-state index contributed by atoms with van der Waals surface area (Å²) in [6, 6.07) is 0.0196. The highest BCUT2D eigenvalue weighted by Gasteiger charge is 2.04. The van der Waals surface area contributed by atoms with Gasteiger partial charge in [0.1, 0.15) is 0 Å². The monoisotopic (exact) mass is 163 g/mol. The van der Waals surface area contributed by atoms with E-state index < -0.39 is 0 Å². The van der Waals surface area contributed by atoms with E-state index in [1.54, 1.807) is 12.5 Å². The standard InChI is InChI=1S/C9H13N3/c1-3-4-5-12-7-11-6-9(12)8(2)10/h6-8H,5,10H2,1-2H3. The third kappa shape index (κ3) is 1.86. The number of hydrogen-bond acceptors (Lipinski definition) is 2. The summed E-state index contributed by atoms with van der Waals surface area (Å²) in [6.07, 6.45) is 3.53. The van der Waals surface area contributed by atoms with Crippen molar-refractivity contribution in [1.29, 1.82) is 0 Å². The summed E-state index contributed by atoms with van der Waals surface area (Å²) in [5, 5.41) is 0. The molecule has 1 aromatic heterocycles. The van der Waals surface area contributed by atoms with E-state index in [-0.39, 0.29) is 6.04 Å². The molecule has 0 spiro atoms. The van der Waals surface area contributed by atoms with E-state index in [2.05, 4.69) is 16.8 Å². The molecule has 1 unspecified atom stereocenters. The topological polar surface area (TPSA) is 43.8 Å². The molecule has 0 bridgehead atoms. The normalized spacial score (nSPS) is 11.9. The number of nitrogens with two attached hydrogens (primary N) is 1.